The average molecular weight is 231 g/mol. The van der Waals surface area contributed by atoms with E-state index in [-0.39, 0.29) is 23.5 Å². The molecule has 1 aromatic heterocycles. The topological polar surface area (TPSA) is 102 Å². The fourth-order valence-electron chi connectivity index (χ4n) is 1.41. The number of nitrogens with zero attached hydrogens (tertiary/aromatic N) is 1. The first-order valence-corrected chi connectivity index (χ1v) is 4.43. The summed E-state index contributed by atoms with van der Waals surface area (Å²) in [6, 6.07) is 0. The number of anilines is 1. The molecule has 0 saturated carbocycles. The summed E-state index contributed by atoms with van der Waals surface area (Å²) >= 11 is 0. The van der Waals surface area contributed by atoms with Gasteiger partial charge in [-0.1, -0.05) is 0 Å². The van der Waals surface area contributed by atoms with Gasteiger partial charge < -0.3 is 16.6 Å². The van der Waals surface area contributed by atoms with Gasteiger partial charge in [-0.05, 0) is 5.56 Å². The monoisotopic (exact) mass is 231 g/mol. The molecule has 0 fully saturated rings. The van der Waals surface area contributed by atoms with Crippen molar-refractivity contribution in [3.05, 3.63) is 23.0 Å². The number of halogens is 2. The Bertz CT molecular complexity index is 410. The van der Waals surface area contributed by atoms with Crippen molar-refractivity contribution in [2.45, 2.75) is 19.4 Å². The van der Waals surface area contributed by atoms with E-state index in [0.29, 0.717) is 0 Å². The third-order valence-electron chi connectivity index (χ3n) is 2.08. The number of aromatic nitrogens is 1. The highest BCUT2D eigenvalue weighted by atomic mass is 19.3. The van der Waals surface area contributed by atoms with Gasteiger partial charge in [0.05, 0.1) is 24.0 Å². The van der Waals surface area contributed by atoms with Crippen molar-refractivity contribution >= 4 is 11.7 Å². The fourth-order valence-corrected chi connectivity index (χ4v) is 1.41. The predicted octanol–water partition coefficient (Wildman–Crippen LogP) is 0.687. The molecule has 1 rings (SSSR count). The lowest BCUT2D eigenvalue weighted by atomic mass is 10.0. The molecule has 0 aliphatic heterocycles. The molecule has 0 aromatic carbocycles. The van der Waals surface area contributed by atoms with Crippen molar-refractivity contribution in [1.82, 2.24) is 4.98 Å². The molecule has 0 atom stereocenters. The van der Waals surface area contributed by atoms with Gasteiger partial charge in [-0.3, -0.25) is 9.78 Å². The Morgan fingerprint density at radius 1 is 1.56 bits per heavy atom. The van der Waals surface area contributed by atoms with Crippen LogP contribution in [0.25, 0.3) is 0 Å². The Balaban J connectivity index is 3.30. The maximum Gasteiger partial charge on any atom is 0.309 e. The first-order chi connectivity index (χ1) is 7.47. The van der Waals surface area contributed by atoms with E-state index < -0.39 is 24.4 Å². The Labute approximate surface area is 90.1 Å². The summed E-state index contributed by atoms with van der Waals surface area (Å²) in [5.41, 5.74) is 10.1. The number of aliphatic carboxylic acids is 1. The van der Waals surface area contributed by atoms with E-state index in [9.17, 15) is 13.6 Å². The molecule has 7 heteroatoms. The van der Waals surface area contributed by atoms with Crippen LogP contribution in [-0.2, 0) is 17.8 Å². The van der Waals surface area contributed by atoms with Crippen LogP contribution in [0.2, 0.25) is 0 Å². The van der Waals surface area contributed by atoms with E-state index in [1.165, 1.54) is 0 Å². The number of hydrogen-bond donors (Lipinski definition) is 3. The lowest BCUT2D eigenvalue weighted by molar-refractivity contribution is -0.136. The molecule has 0 unspecified atom stereocenters. The Morgan fingerprint density at radius 3 is 2.62 bits per heavy atom. The van der Waals surface area contributed by atoms with E-state index >= 15 is 0 Å². The lowest BCUT2D eigenvalue weighted by Crippen LogP contribution is -2.14. The lowest BCUT2D eigenvalue weighted by Gasteiger charge is -2.13. The van der Waals surface area contributed by atoms with Crippen LogP contribution in [0.5, 0.6) is 0 Å². The summed E-state index contributed by atoms with van der Waals surface area (Å²) in [6.07, 6.45) is -2.22. The summed E-state index contributed by atoms with van der Waals surface area (Å²) in [6.45, 7) is -0.222. The zero-order valence-corrected chi connectivity index (χ0v) is 8.28. The maximum atomic E-state index is 12.7. The molecule has 1 aromatic rings. The summed E-state index contributed by atoms with van der Waals surface area (Å²) in [7, 11) is 0. The molecule has 0 aliphatic carbocycles. The third-order valence-corrected chi connectivity index (χ3v) is 2.08. The molecule has 0 saturated heterocycles. The molecule has 0 bridgehead atoms. The van der Waals surface area contributed by atoms with Crippen molar-refractivity contribution in [2.24, 2.45) is 5.73 Å². The number of carbonyl (C=O) groups is 1. The normalized spacial score (nSPS) is 10.8. The van der Waals surface area contributed by atoms with Crippen molar-refractivity contribution in [3.8, 4) is 0 Å². The quantitative estimate of drug-likeness (QED) is 0.707. The van der Waals surface area contributed by atoms with Crippen LogP contribution >= 0.6 is 0 Å². The largest absolute Gasteiger partial charge is 0.481 e. The van der Waals surface area contributed by atoms with Crippen LogP contribution in [0.15, 0.2) is 6.20 Å². The van der Waals surface area contributed by atoms with Gasteiger partial charge in [0.1, 0.15) is 0 Å². The zero-order chi connectivity index (χ0) is 12.3. The molecule has 5 nitrogen and oxygen atoms in total. The minimum atomic E-state index is -2.80. The molecule has 0 spiro atoms. The van der Waals surface area contributed by atoms with E-state index in [4.69, 9.17) is 16.6 Å². The highest BCUT2D eigenvalue weighted by Crippen LogP contribution is 2.29. The second-order valence-corrected chi connectivity index (χ2v) is 3.13. The first-order valence-electron chi connectivity index (χ1n) is 4.43. The van der Waals surface area contributed by atoms with Gasteiger partial charge in [0.2, 0.25) is 0 Å². The van der Waals surface area contributed by atoms with E-state index in [0.717, 1.165) is 6.20 Å². The molecular formula is C9H11F2N3O2. The van der Waals surface area contributed by atoms with Gasteiger partial charge in [-0.2, -0.15) is 0 Å². The van der Waals surface area contributed by atoms with Crippen molar-refractivity contribution in [2.75, 3.05) is 5.73 Å². The van der Waals surface area contributed by atoms with Gasteiger partial charge in [0.25, 0.3) is 6.43 Å². The number of pyridine rings is 1. The van der Waals surface area contributed by atoms with Gasteiger partial charge in [-0.15, -0.1) is 0 Å². The highest BCUT2D eigenvalue weighted by Gasteiger charge is 2.20. The minimum absolute atomic E-state index is 0.0115. The molecule has 1 heterocycles. The number of carboxylic acids is 1. The van der Waals surface area contributed by atoms with Crippen LogP contribution in [0.1, 0.15) is 23.2 Å². The minimum Gasteiger partial charge on any atom is -0.481 e. The second-order valence-electron chi connectivity index (χ2n) is 3.13. The number of nitrogen functional groups attached to an aromatic ring is 1. The van der Waals surface area contributed by atoms with Crippen LogP contribution in [0, 0.1) is 0 Å². The van der Waals surface area contributed by atoms with Gasteiger partial charge >= 0.3 is 5.97 Å². The van der Waals surface area contributed by atoms with Crippen LogP contribution in [0.4, 0.5) is 14.5 Å². The van der Waals surface area contributed by atoms with Gasteiger partial charge in [0, 0.05) is 12.1 Å². The Morgan fingerprint density at radius 2 is 2.19 bits per heavy atom. The second kappa shape index (κ2) is 4.84. The van der Waals surface area contributed by atoms with Crippen molar-refractivity contribution in [3.63, 3.8) is 0 Å². The zero-order valence-electron chi connectivity index (χ0n) is 8.28. The number of alkyl halides is 2. The molecule has 0 radical (unpaired) electrons. The Hall–Kier alpha value is -1.76. The molecule has 5 N–H and O–H groups in total. The SMILES string of the molecule is NCc1c(CC(=O)O)ncc(N)c1C(F)F. The number of rotatable bonds is 4. The van der Waals surface area contributed by atoms with Crippen LogP contribution in [-0.4, -0.2) is 16.1 Å². The smallest absolute Gasteiger partial charge is 0.309 e. The van der Waals surface area contributed by atoms with Gasteiger partial charge in [0.15, 0.2) is 0 Å². The van der Waals surface area contributed by atoms with E-state index in [1.807, 2.05) is 0 Å². The summed E-state index contributed by atoms with van der Waals surface area (Å²) in [4.78, 5) is 14.2. The highest BCUT2D eigenvalue weighted by molar-refractivity contribution is 5.70. The van der Waals surface area contributed by atoms with Crippen LogP contribution < -0.4 is 11.5 Å². The van der Waals surface area contributed by atoms with Crippen molar-refractivity contribution in [1.29, 1.82) is 0 Å². The average Bonchev–Trinajstić information content (AvgIpc) is 2.18. The molecule has 88 valence electrons. The number of nitrogens with two attached hydrogens (primary N) is 2. The molecule has 0 amide bonds. The molecule has 16 heavy (non-hydrogen) atoms. The standard InChI is InChI=1S/C9H11F2N3O2/c10-9(11)8-4(2-12)6(1-7(15)16)14-3-5(8)13/h3,9H,1-2,12-13H2,(H,15,16). The van der Waals surface area contributed by atoms with E-state index in [2.05, 4.69) is 4.98 Å². The number of hydrogen-bond acceptors (Lipinski definition) is 4. The third kappa shape index (κ3) is 2.43. The van der Waals surface area contributed by atoms with Gasteiger partial charge in [-0.25, -0.2) is 8.78 Å². The number of carboxylic acid groups (broad SMARTS) is 1. The maximum absolute atomic E-state index is 12.7. The predicted molar refractivity (Wildman–Crippen MR) is 52.8 cm³/mol. The Kier molecular flexibility index (Phi) is 3.73. The summed E-state index contributed by atoms with van der Waals surface area (Å²) in [5.74, 6) is -1.16. The summed E-state index contributed by atoms with van der Waals surface area (Å²) < 4.78 is 25.4. The van der Waals surface area contributed by atoms with E-state index in [1.54, 1.807) is 0 Å². The van der Waals surface area contributed by atoms with Crippen molar-refractivity contribution < 1.29 is 18.7 Å². The fraction of sp³-hybridized carbons (Fsp3) is 0.333. The van der Waals surface area contributed by atoms with Crippen LogP contribution in [0.3, 0.4) is 0 Å². The molecular weight excluding hydrogens is 220 g/mol. The molecule has 0 aliphatic rings. The first kappa shape index (κ1) is 12.3. The summed E-state index contributed by atoms with van der Waals surface area (Å²) in [5, 5.41) is 8.59.